The van der Waals surface area contributed by atoms with Crippen LogP contribution in [0.1, 0.15) is 55.6 Å². The van der Waals surface area contributed by atoms with Gasteiger partial charge in [-0.25, -0.2) is 4.79 Å². The first-order valence-electron chi connectivity index (χ1n) is 12.6. The Kier molecular flexibility index (Phi) is 5.13. The number of hydrogen-bond donors (Lipinski definition) is 3. The lowest BCUT2D eigenvalue weighted by atomic mass is 9.98. The van der Waals surface area contributed by atoms with E-state index in [4.69, 9.17) is 9.84 Å². The second-order valence-corrected chi connectivity index (χ2v) is 10.6. The molecule has 4 aliphatic carbocycles. The first-order valence-corrected chi connectivity index (χ1v) is 12.6. The summed E-state index contributed by atoms with van der Waals surface area (Å²) in [6.07, 6.45) is 4.14. The quantitative estimate of drug-likeness (QED) is 0.508. The average Bonchev–Trinajstić information content (AvgIpc) is 3.81. The number of hydrogen-bond acceptors (Lipinski definition) is 4. The maximum Gasteiger partial charge on any atom is 0.407 e. The van der Waals surface area contributed by atoms with E-state index >= 15 is 0 Å². The van der Waals surface area contributed by atoms with Crippen LogP contribution in [0.25, 0.3) is 11.1 Å². The molecule has 3 saturated carbocycles. The molecule has 2 aromatic carbocycles. The van der Waals surface area contributed by atoms with Gasteiger partial charge in [0.15, 0.2) is 0 Å². The molecule has 3 N–H and O–H groups in total. The van der Waals surface area contributed by atoms with Gasteiger partial charge in [0.25, 0.3) is 0 Å². The van der Waals surface area contributed by atoms with Crippen LogP contribution in [0.15, 0.2) is 48.5 Å². The lowest BCUT2D eigenvalue weighted by molar-refractivity contribution is -0.137. The number of carboxylic acids is 1. The van der Waals surface area contributed by atoms with Gasteiger partial charge in [0.2, 0.25) is 5.91 Å². The molecule has 4 aliphatic rings. The summed E-state index contributed by atoms with van der Waals surface area (Å²) in [5, 5.41) is 14.7. The van der Waals surface area contributed by atoms with Gasteiger partial charge in [0, 0.05) is 18.9 Å². The Morgan fingerprint density at radius 3 is 2.06 bits per heavy atom. The molecule has 0 radical (unpaired) electrons. The maximum absolute atomic E-state index is 12.9. The fourth-order valence-electron chi connectivity index (χ4n) is 6.84. The Morgan fingerprint density at radius 1 is 0.943 bits per heavy atom. The zero-order valence-corrected chi connectivity index (χ0v) is 19.6. The highest BCUT2D eigenvalue weighted by Crippen LogP contribution is 2.92. The third-order valence-corrected chi connectivity index (χ3v) is 8.90. The molecule has 1 unspecified atom stereocenters. The average molecular weight is 475 g/mol. The van der Waals surface area contributed by atoms with Crippen LogP contribution < -0.4 is 10.6 Å². The lowest BCUT2D eigenvalue weighted by Crippen LogP contribution is -2.47. The van der Waals surface area contributed by atoms with Crippen LogP contribution in [0.3, 0.4) is 0 Å². The van der Waals surface area contributed by atoms with E-state index in [1.807, 2.05) is 36.4 Å². The van der Waals surface area contributed by atoms with Crippen molar-refractivity contribution in [2.75, 3.05) is 13.2 Å². The monoisotopic (exact) mass is 474 g/mol. The second kappa shape index (κ2) is 8.11. The lowest BCUT2D eigenvalue weighted by Gasteiger charge is -2.19. The molecule has 2 amide bonds. The van der Waals surface area contributed by atoms with E-state index < -0.39 is 18.1 Å². The smallest absolute Gasteiger partial charge is 0.407 e. The minimum absolute atomic E-state index is 0.0202. The van der Waals surface area contributed by atoms with Crippen molar-refractivity contribution < 1.29 is 24.2 Å². The fourth-order valence-corrected chi connectivity index (χ4v) is 6.84. The first kappa shape index (κ1) is 22.1. The highest BCUT2D eigenvalue weighted by molar-refractivity contribution is 5.86. The number of carbonyl (C=O) groups excluding carboxylic acids is 2. The minimum atomic E-state index is -1.01. The van der Waals surface area contributed by atoms with Gasteiger partial charge in [-0.15, -0.1) is 0 Å². The van der Waals surface area contributed by atoms with Crippen LogP contribution in [0.5, 0.6) is 0 Å². The third-order valence-electron chi connectivity index (χ3n) is 8.90. The number of rotatable bonds is 9. The van der Waals surface area contributed by atoms with Crippen LogP contribution in [0.4, 0.5) is 4.79 Å². The van der Waals surface area contributed by atoms with Crippen molar-refractivity contribution in [2.45, 2.75) is 50.5 Å². The van der Waals surface area contributed by atoms with Gasteiger partial charge in [-0.05, 0) is 71.1 Å². The Hall–Kier alpha value is -3.35. The van der Waals surface area contributed by atoms with Crippen molar-refractivity contribution in [3.8, 4) is 11.1 Å². The van der Waals surface area contributed by atoms with Crippen LogP contribution in [0.2, 0.25) is 0 Å². The van der Waals surface area contributed by atoms with E-state index in [0.29, 0.717) is 23.3 Å². The summed E-state index contributed by atoms with van der Waals surface area (Å²) in [5.41, 5.74) is 5.42. The number of carbonyl (C=O) groups is 3. The van der Waals surface area contributed by atoms with E-state index in [-0.39, 0.29) is 31.3 Å². The largest absolute Gasteiger partial charge is 0.481 e. The number of aliphatic carboxylic acids is 1. The van der Waals surface area contributed by atoms with Crippen LogP contribution in [0, 0.1) is 16.7 Å². The van der Waals surface area contributed by atoms with Crippen molar-refractivity contribution in [1.29, 1.82) is 0 Å². The van der Waals surface area contributed by atoms with Gasteiger partial charge < -0.3 is 20.5 Å². The van der Waals surface area contributed by atoms with Crippen molar-refractivity contribution in [1.82, 2.24) is 10.6 Å². The first-order chi connectivity index (χ1) is 16.9. The molecule has 0 heterocycles. The SMILES string of the molecule is O=C(O)CCC(NC(=O)OCC1c2ccccc2-c2ccccc21)C(=O)NCC1C2(CC2)C12CC2. The number of ether oxygens (including phenoxy) is 1. The zero-order chi connectivity index (χ0) is 24.2. The zero-order valence-electron chi connectivity index (χ0n) is 19.6. The highest BCUT2D eigenvalue weighted by atomic mass is 16.5. The molecule has 0 saturated heterocycles. The second-order valence-electron chi connectivity index (χ2n) is 10.6. The van der Waals surface area contributed by atoms with Crippen molar-refractivity contribution in [3.05, 3.63) is 59.7 Å². The predicted octanol–water partition coefficient (Wildman–Crippen LogP) is 4.06. The van der Waals surface area contributed by atoms with Crippen LogP contribution in [-0.4, -0.2) is 42.3 Å². The van der Waals surface area contributed by atoms with Crippen LogP contribution in [-0.2, 0) is 14.3 Å². The van der Waals surface area contributed by atoms with E-state index in [0.717, 1.165) is 22.3 Å². The van der Waals surface area contributed by atoms with Gasteiger partial charge >= 0.3 is 12.1 Å². The molecule has 2 aromatic rings. The fraction of sp³-hybridized carbons (Fsp3) is 0.464. The summed E-state index contributed by atoms with van der Waals surface area (Å²) >= 11 is 0. The Morgan fingerprint density at radius 2 is 1.51 bits per heavy atom. The topological polar surface area (TPSA) is 105 Å². The van der Waals surface area contributed by atoms with Gasteiger partial charge in [0.05, 0.1) is 0 Å². The number of benzene rings is 2. The molecule has 6 rings (SSSR count). The molecule has 0 aromatic heterocycles. The molecule has 3 fully saturated rings. The Labute approximate surface area is 204 Å². The third kappa shape index (κ3) is 3.68. The molecule has 7 heteroatoms. The molecule has 2 spiro atoms. The molecular formula is C28H30N2O5. The number of nitrogens with one attached hydrogen (secondary N) is 2. The molecule has 182 valence electrons. The van der Waals surface area contributed by atoms with Gasteiger partial charge in [-0.3, -0.25) is 9.59 Å². The molecule has 35 heavy (non-hydrogen) atoms. The minimum Gasteiger partial charge on any atom is -0.481 e. The van der Waals surface area contributed by atoms with Crippen molar-refractivity contribution in [2.24, 2.45) is 16.7 Å². The summed E-state index contributed by atoms with van der Waals surface area (Å²) in [6, 6.07) is 15.2. The molecular weight excluding hydrogens is 444 g/mol. The summed E-state index contributed by atoms with van der Waals surface area (Å²) < 4.78 is 5.57. The van der Waals surface area contributed by atoms with E-state index in [1.54, 1.807) is 0 Å². The Balaban J connectivity index is 1.07. The number of fused-ring (bicyclic) bond motifs is 4. The molecule has 0 bridgehead atoms. The van der Waals surface area contributed by atoms with Gasteiger partial charge in [0.1, 0.15) is 12.6 Å². The maximum atomic E-state index is 12.9. The van der Waals surface area contributed by atoms with E-state index in [1.165, 1.54) is 25.7 Å². The molecule has 7 nitrogen and oxygen atoms in total. The summed E-state index contributed by atoms with van der Waals surface area (Å²) in [4.78, 5) is 36.7. The van der Waals surface area contributed by atoms with Gasteiger partial charge in [-0.1, -0.05) is 48.5 Å². The van der Waals surface area contributed by atoms with Gasteiger partial charge in [-0.2, -0.15) is 0 Å². The van der Waals surface area contributed by atoms with Crippen LogP contribution >= 0.6 is 0 Å². The number of alkyl carbamates (subject to hydrolysis) is 1. The predicted molar refractivity (Wildman–Crippen MR) is 129 cm³/mol. The number of amides is 2. The standard InChI is InChI=1S/C28H30N2O5/c31-24(32)10-9-22(25(33)29-15-23-27(11-12-27)28(23)13-14-28)30-26(34)35-16-21-19-7-3-1-5-17(19)18-6-2-4-8-20(18)21/h1-8,21-23H,9-16H2,(H,29,33)(H,30,34)(H,31,32). The van der Waals surface area contributed by atoms with Crippen molar-refractivity contribution in [3.63, 3.8) is 0 Å². The van der Waals surface area contributed by atoms with E-state index in [2.05, 4.69) is 22.8 Å². The molecule has 1 atom stereocenters. The normalized spacial score (nSPS) is 20.6. The number of carboxylic acid groups (broad SMARTS) is 1. The molecule has 0 aliphatic heterocycles. The van der Waals surface area contributed by atoms with E-state index in [9.17, 15) is 14.4 Å². The van der Waals surface area contributed by atoms with Crippen molar-refractivity contribution >= 4 is 18.0 Å². The summed E-state index contributed by atoms with van der Waals surface area (Å²) in [6.45, 7) is 0.745. The highest BCUT2D eigenvalue weighted by Gasteiger charge is 2.85. The summed E-state index contributed by atoms with van der Waals surface area (Å²) in [7, 11) is 0. The Bertz CT molecular complexity index is 1140. The summed E-state index contributed by atoms with van der Waals surface area (Å²) in [5.74, 6) is -0.890.